The molecule has 3 N–H and O–H groups in total. The molecular formula is C25H37IN4O3. The lowest BCUT2D eigenvalue weighted by molar-refractivity contribution is 0.0792. The van der Waals surface area contributed by atoms with Gasteiger partial charge in [0.1, 0.15) is 18.1 Å². The molecule has 7 nitrogen and oxygen atoms in total. The summed E-state index contributed by atoms with van der Waals surface area (Å²) in [6.07, 6.45) is 1.62. The molecule has 0 unspecified atom stereocenters. The number of aliphatic imine (C=N–C) groups is 1. The van der Waals surface area contributed by atoms with Crippen molar-refractivity contribution in [2.75, 3.05) is 39.9 Å². The Balaban J connectivity index is 0.00000385. The van der Waals surface area contributed by atoms with E-state index in [2.05, 4.69) is 51.7 Å². The van der Waals surface area contributed by atoms with Crippen LogP contribution in [-0.2, 0) is 13.1 Å². The molecule has 0 radical (unpaired) electrons. The quantitative estimate of drug-likeness (QED) is 0.177. The summed E-state index contributed by atoms with van der Waals surface area (Å²) in [4.78, 5) is 7.09. The van der Waals surface area contributed by atoms with Gasteiger partial charge in [-0.05, 0) is 55.2 Å². The Hall–Kier alpha value is -2.04. The van der Waals surface area contributed by atoms with Crippen LogP contribution in [0.1, 0.15) is 30.9 Å². The average molecular weight is 569 g/mol. The minimum Gasteiger partial charge on any atom is -0.497 e. The van der Waals surface area contributed by atoms with E-state index in [1.807, 2.05) is 24.3 Å². The first-order valence-electron chi connectivity index (χ1n) is 11.4. The molecule has 0 amide bonds. The Labute approximate surface area is 214 Å². The van der Waals surface area contributed by atoms with Gasteiger partial charge < -0.3 is 25.2 Å². The fourth-order valence-corrected chi connectivity index (χ4v) is 3.61. The molecule has 1 aliphatic heterocycles. The number of aliphatic hydroxyl groups excluding tert-OH is 1. The number of ether oxygens (including phenoxy) is 2. The molecule has 8 heteroatoms. The van der Waals surface area contributed by atoms with Gasteiger partial charge in [-0.25, -0.2) is 4.99 Å². The third-order valence-electron chi connectivity index (χ3n) is 5.47. The van der Waals surface area contributed by atoms with Crippen LogP contribution in [0.2, 0.25) is 0 Å². The molecule has 182 valence electrons. The molecule has 0 bridgehead atoms. The van der Waals surface area contributed by atoms with E-state index in [4.69, 9.17) is 9.47 Å². The van der Waals surface area contributed by atoms with Gasteiger partial charge >= 0.3 is 0 Å². The van der Waals surface area contributed by atoms with Crippen LogP contribution in [0.3, 0.4) is 0 Å². The lowest BCUT2D eigenvalue weighted by atomic mass is 10.1. The van der Waals surface area contributed by atoms with E-state index < -0.39 is 0 Å². The molecule has 2 aromatic carbocycles. The summed E-state index contributed by atoms with van der Waals surface area (Å²) in [7, 11) is 1.65. The smallest absolute Gasteiger partial charge is 0.191 e. The van der Waals surface area contributed by atoms with Gasteiger partial charge in [0.05, 0.1) is 26.3 Å². The highest BCUT2D eigenvalue weighted by molar-refractivity contribution is 14.0. The van der Waals surface area contributed by atoms with Crippen LogP contribution in [-0.4, -0.2) is 62.0 Å². The predicted molar refractivity (Wildman–Crippen MR) is 144 cm³/mol. The minimum atomic E-state index is -0.125. The third kappa shape index (κ3) is 9.77. The number of methoxy groups -OCH3 is 1. The predicted octanol–water partition coefficient (Wildman–Crippen LogP) is 3.40. The number of benzene rings is 2. The highest BCUT2D eigenvalue weighted by Crippen LogP contribution is 2.17. The van der Waals surface area contributed by atoms with Crippen LogP contribution < -0.4 is 20.1 Å². The van der Waals surface area contributed by atoms with Gasteiger partial charge in [-0.15, -0.1) is 24.0 Å². The SMILES string of the molecule is CCNC(=NCc1ccc(CN2CCC(O)CC2)cc1)NCCOc1ccc(OC)cc1.I. The second-order valence-corrected chi connectivity index (χ2v) is 7.97. The lowest BCUT2D eigenvalue weighted by Crippen LogP contribution is -2.39. The number of piperidine rings is 1. The molecule has 1 saturated heterocycles. The summed E-state index contributed by atoms with van der Waals surface area (Å²) in [5.74, 6) is 2.41. The lowest BCUT2D eigenvalue weighted by Gasteiger charge is -2.29. The topological polar surface area (TPSA) is 78.4 Å². The molecule has 1 fully saturated rings. The van der Waals surface area contributed by atoms with Crippen molar-refractivity contribution in [2.45, 2.75) is 39.0 Å². The van der Waals surface area contributed by atoms with E-state index in [9.17, 15) is 5.11 Å². The Kier molecular flexibility index (Phi) is 12.3. The molecule has 0 aliphatic carbocycles. The normalized spacial score (nSPS) is 14.9. The zero-order valence-electron chi connectivity index (χ0n) is 19.6. The van der Waals surface area contributed by atoms with E-state index >= 15 is 0 Å². The highest BCUT2D eigenvalue weighted by Gasteiger charge is 2.16. The van der Waals surface area contributed by atoms with Crippen LogP contribution in [0.25, 0.3) is 0 Å². The van der Waals surface area contributed by atoms with Gasteiger partial charge in [0.2, 0.25) is 0 Å². The first-order valence-corrected chi connectivity index (χ1v) is 11.4. The summed E-state index contributed by atoms with van der Waals surface area (Å²) in [6.45, 7) is 7.54. The fraction of sp³-hybridized carbons (Fsp3) is 0.480. The van der Waals surface area contributed by atoms with Crippen molar-refractivity contribution >= 4 is 29.9 Å². The largest absolute Gasteiger partial charge is 0.497 e. The maximum atomic E-state index is 9.65. The Morgan fingerprint density at radius 3 is 2.27 bits per heavy atom. The number of hydrogen-bond acceptors (Lipinski definition) is 5. The van der Waals surface area contributed by atoms with Gasteiger partial charge in [-0.1, -0.05) is 24.3 Å². The van der Waals surface area contributed by atoms with Crippen LogP contribution in [0, 0.1) is 0 Å². The molecule has 3 rings (SSSR count). The van der Waals surface area contributed by atoms with Crippen LogP contribution >= 0.6 is 24.0 Å². The summed E-state index contributed by atoms with van der Waals surface area (Å²) >= 11 is 0. The molecular weight excluding hydrogens is 531 g/mol. The zero-order valence-corrected chi connectivity index (χ0v) is 22.0. The molecule has 1 aliphatic rings. The monoisotopic (exact) mass is 568 g/mol. The van der Waals surface area contributed by atoms with Crippen LogP contribution in [0.15, 0.2) is 53.5 Å². The summed E-state index contributed by atoms with van der Waals surface area (Å²) in [6, 6.07) is 16.2. The highest BCUT2D eigenvalue weighted by atomic mass is 127. The van der Waals surface area contributed by atoms with Gasteiger partial charge in [-0.2, -0.15) is 0 Å². The van der Waals surface area contributed by atoms with E-state index in [1.54, 1.807) is 7.11 Å². The Bertz CT molecular complexity index is 823. The van der Waals surface area contributed by atoms with Gasteiger partial charge in [0, 0.05) is 26.2 Å². The molecule has 0 aromatic heterocycles. The second-order valence-electron chi connectivity index (χ2n) is 7.97. The summed E-state index contributed by atoms with van der Waals surface area (Å²) in [5, 5.41) is 16.2. The maximum Gasteiger partial charge on any atom is 0.191 e. The van der Waals surface area contributed by atoms with E-state index in [0.29, 0.717) is 19.7 Å². The number of guanidine groups is 1. The van der Waals surface area contributed by atoms with Crippen molar-refractivity contribution in [1.29, 1.82) is 0 Å². The van der Waals surface area contributed by atoms with Gasteiger partial charge in [0.15, 0.2) is 5.96 Å². The number of aliphatic hydroxyl groups is 1. The first kappa shape index (κ1) is 27.2. The van der Waals surface area contributed by atoms with Crippen LogP contribution in [0.5, 0.6) is 11.5 Å². The van der Waals surface area contributed by atoms with E-state index in [-0.39, 0.29) is 30.1 Å². The standard InChI is InChI=1S/C25H36N4O3.HI/c1-3-26-25(27-14-17-32-24-10-8-23(31-2)9-11-24)28-18-20-4-6-21(7-5-20)19-29-15-12-22(30)13-16-29;/h4-11,22,30H,3,12-19H2,1-2H3,(H2,26,27,28);1H. The number of nitrogens with one attached hydrogen (secondary N) is 2. The number of nitrogens with zero attached hydrogens (tertiary/aromatic N) is 2. The molecule has 33 heavy (non-hydrogen) atoms. The van der Waals surface area contributed by atoms with E-state index in [0.717, 1.165) is 56.5 Å². The molecule has 1 heterocycles. The number of hydrogen-bond donors (Lipinski definition) is 3. The molecule has 0 saturated carbocycles. The first-order chi connectivity index (χ1) is 15.7. The zero-order chi connectivity index (χ0) is 22.6. The van der Waals surface area contributed by atoms with Crippen molar-refractivity contribution < 1.29 is 14.6 Å². The van der Waals surface area contributed by atoms with Crippen molar-refractivity contribution in [3.63, 3.8) is 0 Å². The fourth-order valence-electron chi connectivity index (χ4n) is 3.61. The number of rotatable bonds is 10. The second kappa shape index (κ2) is 15.0. The average Bonchev–Trinajstić information content (AvgIpc) is 2.83. The maximum absolute atomic E-state index is 9.65. The molecule has 2 aromatic rings. The summed E-state index contributed by atoms with van der Waals surface area (Å²) < 4.78 is 10.9. The summed E-state index contributed by atoms with van der Waals surface area (Å²) in [5.41, 5.74) is 2.48. The van der Waals surface area contributed by atoms with Crippen LogP contribution in [0.4, 0.5) is 0 Å². The van der Waals surface area contributed by atoms with Crippen molar-refractivity contribution in [3.8, 4) is 11.5 Å². The van der Waals surface area contributed by atoms with E-state index in [1.165, 1.54) is 11.1 Å². The Morgan fingerprint density at radius 2 is 1.64 bits per heavy atom. The van der Waals surface area contributed by atoms with Crippen molar-refractivity contribution in [1.82, 2.24) is 15.5 Å². The third-order valence-corrected chi connectivity index (χ3v) is 5.47. The Morgan fingerprint density at radius 1 is 1.00 bits per heavy atom. The van der Waals surface area contributed by atoms with Crippen molar-refractivity contribution in [3.05, 3.63) is 59.7 Å². The molecule has 0 atom stereocenters. The number of likely N-dealkylation sites (tertiary alicyclic amines) is 1. The van der Waals surface area contributed by atoms with Crippen molar-refractivity contribution in [2.24, 2.45) is 4.99 Å². The van der Waals surface area contributed by atoms with Gasteiger partial charge in [0.25, 0.3) is 0 Å². The number of halogens is 1. The molecule has 0 spiro atoms. The van der Waals surface area contributed by atoms with Gasteiger partial charge in [-0.3, -0.25) is 4.90 Å². The minimum absolute atomic E-state index is 0.